The number of fused-ring (bicyclic) bond motifs is 6. The van der Waals surface area contributed by atoms with Crippen LogP contribution in [0, 0.1) is 0 Å². The van der Waals surface area contributed by atoms with Crippen LogP contribution < -0.4 is 0 Å². The highest BCUT2D eigenvalue weighted by Crippen LogP contribution is 2.58. The van der Waals surface area contributed by atoms with Crippen LogP contribution in [0.2, 0.25) is 0 Å². The second-order valence-corrected chi connectivity index (χ2v) is 12.5. The number of aliphatic hydroxyl groups excluding tert-OH is 2. The Kier molecular flexibility index (Phi) is 8.13. The highest BCUT2D eigenvalue weighted by molar-refractivity contribution is 6.11. The maximum atomic E-state index is 14.1. The van der Waals surface area contributed by atoms with Crippen LogP contribution in [0.25, 0.3) is 22.3 Å². The molecule has 22 heteroatoms. The molecule has 4 aromatic carbocycles. The summed E-state index contributed by atoms with van der Waals surface area (Å²) in [6, 6.07) is 1.33. The molecule has 0 saturated carbocycles. The summed E-state index contributed by atoms with van der Waals surface area (Å²) >= 11 is 0. The van der Waals surface area contributed by atoms with Crippen molar-refractivity contribution in [2.24, 2.45) is 0 Å². The lowest BCUT2D eigenvalue weighted by Gasteiger charge is -2.40. The number of aromatic hydroxyl groups is 12. The molecule has 0 saturated heterocycles. The molecule has 14 N–H and O–H groups in total. The molecular weight excluding hydrogens is 760 g/mol. The van der Waals surface area contributed by atoms with Crippen LogP contribution in [0.5, 0.6) is 69.0 Å². The zero-order valence-electron chi connectivity index (χ0n) is 27.4. The van der Waals surface area contributed by atoms with Gasteiger partial charge in [-0.25, -0.2) is 19.2 Å². The van der Waals surface area contributed by atoms with Crippen LogP contribution in [0.1, 0.15) is 53.1 Å². The molecule has 4 aromatic rings. The Bertz CT molecular complexity index is 2470. The number of carbonyl (C=O) groups is 4. The molecule has 0 spiro atoms. The molecule has 8 rings (SSSR count). The summed E-state index contributed by atoms with van der Waals surface area (Å²) < 4.78 is 21.3. The van der Waals surface area contributed by atoms with Crippen LogP contribution in [0.4, 0.5) is 0 Å². The summed E-state index contributed by atoms with van der Waals surface area (Å²) in [5.41, 5.74) is -9.23. The summed E-state index contributed by atoms with van der Waals surface area (Å²) in [5, 5.41) is 150. The number of rotatable bonds is 1. The third-order valence-corrected chi connectivity index (χ3v) is 9.33. The fourth-order valence-electron chi connectivity index (χ4n) is 6.70. The zero-order chi connectivity index (χ0) is 41.0. The van der Waals surface area contributed by atoms with Crippen molar-refractivity contribution in [2.45, 2.75) is 30.5 Å². The van der Waals surface area contributed by atoms with Gasteiger partial charge >= 0.3 is 23.9 Å². The van der Waals surface area contributed by atoms with Gasteiger partial charge in [-0.3, -0.25) is 0 Å². The van der Waals surface area contributed by atoms with Gasteiger partial charge < -0.3 is 90.4 Å². The number of hydrogen-bond donors (Lipinski definition) is 14. The minimum absolute atomic E-state index is 0.403. The van der Waals surface area contributed by atoms with Gasteiger partial charge in [-0.1, -0.05) is 0 Å². The predicted octanol–water partition coefficient (Wildman–Crippen LogP) is 0.356. The van der Waals surface area contributed by atoms with Crippen molar-refractivity contribution in [1.29, 1.82) is 0 Å². The topological polar surface area (TPSA) is 388 Å². The van der Waals surface area contributed by atoms with Gasteiger partial charge in [0.15, 0.2) is 64.3 Å². The quantitative estimate of drug-likeness (QED) is 0.0703. The van der Waals surface area contributed by atoms with E-state index in [9.17, 15) is 90.7 Å². The van der Waals surface area contributed by atoms with E-state index >= 15 is 0 Å². The van der Waals surface area contributed by atoms with Crippen molar-refractivity contribution in [3.8, 4) is 91.2 Å². The molecule has 5 atom stereocenters. The van der Waals surface area contributed by atoms with E-state index in [-0.39, 0.29) is 0 Å². The number of phenolic OH excluding ortho intramolecular Hbond substituents is 12. The Morgan fingerprint density at radius 3 is 1.29 bits per heavy atom. The van der Waals surface area contributed by atoms with Crippen molar-refractivity contribution < 1.29 is 110 Å². The molecule has 0 aromatic heterocycles. The minimum Gasteiger partial charge on any atom is -0.504 e. The standard InChI is InChI=1S/C34H24O22/c35-8-1-5-12(21(42)18(8)39)13-6(2-9(36)19(40)22(13)43)32(50)54-28(11(38)4-53-31(5)49)30-29-26(47)17-16(34(52)55-29)15(24(45)27(48)25(17)46)14-7(33(51)56-30)3-10(37)20(41)23(14)44/h1-3,11,26,28-30,35-48H,4H2/t11-,26+,28-,29+,30+/m1/s1. The van der Waals surface area contributed by atoms with Crippen molar-refractivity contribution in [1.82, 2.24) is 0 Å². The van der Waals surface area contributed by atoms with Gasteiger partial charge in [0.1, 0.15) is 18.8 Å². The number of hydrogen-bond acceptors (Lipinski definition) is 22. The molecule has 0 unspecified atom stereocenters. The summed E-state index contributed by atoms with van der Waals surface area (Å²) in [7, 11) is 0. The number of benzene rings is 4. The van der Waals surface area contributed by atoms with E-state index in [1.54, 1.807) is 0 Å². The molecule has 4 aliphatic rings. The number of esters is 4. The van der Waals surface area contributed by atoms with Crippen LogP contribution in [-0.4, -0.2) is 126 Å². The Hall–Kier alpha value is -7.72. The third kappa shape index (κ3) is 5.03. The average molecular weight is 785 g/mol. The molecule has 0 amide bonds. The maximum Gasteiger partial charge on any atom is 0.339 e. The van der Waals surface area contributed by atoms with E-state index in [1.165, 1.54) is 0 Å². The molecular formula is C34H24O22. The smallest absolute Gasteiger partial charge is 0.339 e. The van der Waals surface area contributed by atoms with Crippen molar-refractivity contribution in [3.63, 3.8) is 0 Å². The van der Waals surface area contributed by atoms with Gasteiger partial charge in [0, 0.05) is 27.8 Å². The second-order valence-electron chi connectivity index (χ2n) is 12.5. The zero-order valence-corrected chi connectivity index (χ0v) is 27.4. The van der Waals surface area contributed by atoms with E-state index in [4.69, 9.17) is 18.9 Å². The molecule has 22 nitrogen and oxygen atoms in total. The summed E-state index contributed by atoms with van der Waals surface area (Å²) in [6.45, 7) is -1.31. The Morgan fingerprint density at radius 2 is 0.804 bits per heavy atom. The predicted molar refractivity (Wildman–Crippen MR) is 173 cm³/mol. The van der Waals surface area contributed by atoms with Gasteiger partial charge in [-0.2, -0.15) is 0 Å². The first-order valence-corrected chi connectivity index (χ1v) is 15.6. The Labute approximate surface area is 307 Å². The maximum absolute atomic E-state index is 14.1. The van der Waals surface area contributed by atoms with Crippen molar-refractivity contribution >= 4 is 23.9 Å². The monoisotopic (exact) mass is 784 g/mol. The first kappa shape index (κ1) is 36.6. The van der Waals surface area contributed by atoms with Crippen LogP contribution >= 0.6 is 0 Å². The third-order valence-electron chi connectivity index (χ3n) is 9.33. The van der Waals surface area contributed by atoms with Crippen LogP contribution in [-0.2, 0) is 18.9 Å². The van der Waals surface area contributed by atoms with Crippen molar-refractivity contribution in [2.75, 3.05) is 6.61 Å². The van der Waals surface area contributed by atoms with E-state index in [2.05, 4.69) is 0 Å². The molecule has 292 valence electrons. The van der Waals surface area contributed by atoms with Gasteiger partial charge in [0.2, 0.25) is 23.0 Å². The lowest BCUT2D eigenvalue weighted by Crippen LogP contribution is -2.55. The minimum atomic E-state index is -2.55. The highest BCUT2D eigenvalue weighted by atomic mass is 16.6. The van der Waals surface area contributed by atoms with Crippen molar-refractivity contribution in [3.05, 3.63) is 46.0 Å². The summed E-state index contributed by atoms with van der Waals surface area (Å²) in [5.74, 6) is -22.9. The Balaban J connectivity index is 1.48. The molecule has 0 fully saturated rings. The van der Waals surface area contributed by atoms with Crippen LogP contribution in [0.15, 0.2) is 18.2 Å². The van der Waals surface area contributed by atoms with Gasteiger partial charge in [-0.15, -0.1) is 0 Å². The normalized spacial score (nSPS) is 21.6. The molecule has 56 heavy (non-hydrogen) atoms. The first-order valence-electron chi connectivity index (χ1n) is 15.6. The number of phenols is 12. The molecule has 4 aliphatic heterocycles. The first-order chi connectivity index (χ1) is 26.3. The van der Waals surface area contributed by atoms with Crippen LogP contribution in [0.3, 0.4) is 0 Å². The average Bonchev–Trinajstić information content (AvgIpc) is 3.16. The van der Waals surface area contributed by atoms with E-state index in [1.807, 2.05) is 0 Å². The lowest BCUT2D eigenvalue weighted by atomic mass is 9.82. The molecule has 0 radical (unpaired) electrons. The molecule has 4 bridgehead atoms. The second kappa shape index (κ2) is 12.4. The fraction of sp³-hybridized carbons (Fsp3) is 0.176. The number of aliphatic hydroxyl groups is 2. The van der Waals surface area contributed by atoms with Gasteiger partial charge in [0.05, 0.1) is 22.3 Å². The van der Waals surface area contributed by atoms with E-state index < -0.39 is 180 Å². The molecule has 0 aliphatic carbocycles. The van der Waals surface area contributed by atoms with Gasteiger partial charge in [0.25, 0.3) is 0 Å². The number of carbonyl (C=O) groups excluding carboxylic acids is 4. The van der Waals surface area contributed by atoms with E-state index in [0.717, 1.165) is 0 Å². The van der Waals surface area contributed by atoms with E-state index in [0.29, 0.717) is 18.2 Å². The summed E-state index contributed by atoms with van der Waals surface area (Å²) in [4.78, 5) is 55.1. The van der Waals surface area contributed by atoms with Gasteiger partial charge in [-0.05, 0) is 18.2 Å². The number of ether oxygens (including phenoxy) is 4. The SMILES string of the molecule is O=C1OC[C@@H](O)[C@H]([C@@H]2OC(=O)c3cc(O)c(O)c(O)c3-c3c(O)c(O)c(O)c4c3C(=O)O[C@H]2[C@H]4O)OC(=O)c2cc(O)c(O)c(O)c2-c2c1cc(O)c(O)c2O. The fourth-order valence-corrected chi connectivity index (χ4v) is 6.70. The molecule has 4 heterocycles. The Morgan fingerprint density at radius 1 is 0.411 bits per heavy atom. The lowest BCUT2D eigenvalue weighted by molar-refractivity contribution is -0.153. The largest absolute Gasteiger partial charge is 0.504 e. The summed E-state index contributed by atoms with van der Waals surface area (Å²) in [6.07, 6.45) is -12.4. The number of cyclic esters (lactones) is 2. The highest BCUT2D eigenvalue weighted by Gasteiger charge is 2.53.